The molecule has 9 heteroatoms. The molecule has 0 spiro atoms. The second-order valence-electron chi connectivity index (χ2n) is 5.50. The van der Waals surface area contributed by atoms with Crippen LogP contribution in [0.25, 0.3) is 0 Å². The van der Waals surface area contributed by atoms with Gasteiger partial charge < -0.3 is 16.4 Å². The molecule has 4 N–H and O–H groups in total. The van der Waals surface area contributed by atoms with E-state index in [2.05, 4.69) is 10.6 Å². The van der Waals surface area contributed by atoms with E-state index in [1.807, 2.05) is 0 Å². The highest BCUT2D eigenvalue weighted by Gasteiger charge is 2.43. The third kappa shape index (κ3) is 4.68. The summed E-state index contributed by atoms with van der Waals surface area (Å²) in [5.74, 6) is -1.27. The van der Waals surface area contributed by atoms with Crippen LogP contribution in [0, 0.1) is 0 Å². The minimum absolute atomic E-state index is 0.168. The lowest BCUT2D eigenvalue weighted by Gasteiger charge is -2.35. The zero-order valence-corrected chi connectivity index (χ0v) is 12.9. The van der Waals surface area contributed by atoms with Crippen molar-refractivity contribution in [3.05, 3.63) is 35.4 Å². The van der Waals surface area contributed by atoms with Crippen molar-refractivity contribution in [3.8, 4) is 0 Å². The molecule has 6 nitrogen and oxygen atoms in total. The molecular weight excluding hydrogens is 325 g/mol. The van der Waals surface area contributed by atoms with Gasteiger partial charge in [-0.05, 0) is 24.3 Å². The molecule has 2 amide bonds. The molecule has 1 fully saturated rings. The Bertz CT molecular complexity index is 583. The Balaban J connectivity index is 1.99. The summed E-state index contributed by atoms with van der Waals surface area (Å²) >= 11 is 0. The van der Waals surface area contributed by atoms with Crippen molar-refractivity contribution in [2.24, 2.45) is 5.73 Å². The van der Waals surface area contributed by atoms with Crippen LogP contribution in [0.5, 0.6) is 0 Å². The maximum absolute atomic E-state index is 13.2. The van der Waals surface area contributed by atoms with Crippen molar-refractivity contribution in [2.45, 2.75) is 12.2 Å². The Morgan fingerprint density at radius 1 is 1.17 bits per heavy atom. The van der Waals surface area contributed by atoms with Gasteiger partial charge in [-0.25, -0.2) is 0 Å². The minimum Gasteiger partial charge on any atom is -0.366 e. The number of carbonyl (C=O) groups excluding carboxylic acids is 2. The summed E-state index contributed by atoms with van der Waals surface area (Å²) in [4.78, 5) is 24.3. The fraction of sp³-hybridized carbons (Fsp3) is 0.467. The first-order valence-corrected chi connectivity index (χ1v) is 7.48. The van der Waals surface area contributed by atoms with E-state index >= 15 is 0 Å². The molecule has 1 unspecified atom stereocenters. The Morgan fingerprint density at radius 2 is 1.71 bits per heavy atom. The quantitative estimate of drug-likeness (QED) is 0.719. The summed E-state index contributed by atoms with van der Waals surface area (Å²) in [5, 5.41) is 5.31. The number of primary amides is 1. The van der Waals surface area contributed by atoms with E-state index in [9.17, 15) is 22.8 Å². The molecule has 1 saturated heterocycles. The molecule has 0 aliphatic carbocycles. The summed E-state index contributed by atoms with van der Waals surface area (Å²) in [6.45, 7) is 0.977. The van der Waals surface area contributed by atoms with Crippen molar-refractivity contribution < 1.29 is 22.8 Å². The second kappa shape index (κ2) is 7.63. The molecule has 0 aromatic heterocycles. The van der Waals surface area contributed by atoms with Crippen molar-refractivity contribution in [2.75, 3.05) is 32.7 Å². The molecule has 1 aromatic carbocycles. The maximum atomic E-state index is 13.2. The first kappa shape index (κ1) is 18.2. The molecule has 2 rings (SSSR count). The van der Waals surface area contributed by atoms with Crippen LogP contribution in [0.15, 0.2) is 24.3 Å². The largest absolute Gasteiger partial charge is 0.405 e. The Hall–Kier alpha value is -2.13. The van der Waals surface area contributed by atoms with E-state index in [0.717, 1.165) is 0 Å². The maximum Gasteiger partial charge on any atom is 0.405 e. The lowest BCUT2D eigenvalue weighted by Crippen LogP contribution is -2.57. The number of halogens is 3. The van der Waals surface area contributed by atoms with Gasteiger partial charge in [-0.1, -0.05) is 0 Å². The number of piperazine rings is 1. The van der Waals surface area contributed by atoms with Gasteiger partial charge >= 0.3 is 6.18 Å². The SMILES string of the molecule is NC(=O)c1ccc(C(=O)NCC(N2CCNCC2)C(F)(F)F)cc1. The number of nitrogens with one attached hydrogen (secondary N) is 2. The smallest absolute Gasteiger partial charge is 0.366 e. The van der Waals surface area contributed by atoms with Crippen molar-refractivity contribution in [1.29, 1.82) is 0 Å². The average Bonchev–Trinajstić information content (AvgIpc) is 2.54. The molecule has 0 saturated carbocycles. The number of alkyl halides is 3. The molecule has 24 heavy (non-hydrogen) atoms. The topological polar surface area (TPSA) is 87.5 Å². The molecule has 1 heterocycles. The van der Waals surface area contributed by atoms with Crippen LogP contribution in [0.1, 0.15) is 20.7 Å². The Morgan fingerprint density at radius 3 is 2.21 bits per heavy atom. The number of amides is 2. The van der Waals surface area contributed by atoms with Gasteiger partial charge in [0.25, 0.3) is 5.91 Å². The Labute approximate surface area is 137 Å². The van der Waals surface area contributed by atoms with E-state index in [0.29, 0.717) is 13.1 Å². The van der Waals surface area contributed by atoms with Crippen molar-refractivity contribution in [3.63, 3.8) is 0 Å². The molecule has 0 bridgehead atoms. The highest BCUT2D eigenvalue weighted by molar-refractivity contribution is 5.97. The summed E-state index contributed by atoms with van der Waals surface area (Å²) in [6, 6.07) is 3.68. The minimum atomic E-state index is -4.43. The van der Waals surface area contributed by atoms with Crippen LogP contribution in [0.4, 0.5) is 13.2 Å². The molecule has 1 aliphatic heterocycles. The van der Waals surface area contributed by atoms with Gasteiger partial charge in [-0.3, -0.25) is 14.5 Å². The van der Waals surface area contributed by atoms with Crippen LogP contribution in [-0.4, -0.2) is 61.7 Å². The van der Waals surface area contributed by atoms with Crippen molar-refractivity contribution >= 4 is 11.8 Å². The number of nitrogens with two attached hydrogens (primary N) is 1. The van der Waals surface area contributed by atoms with Gasteiger partial charge in [0, 0.05) is 43.9 Å². The normalized spacial score (nSPS) is 17.3. The second-order valence-corrected chi connectivity index (χ2v) is 5.50. The molecule has 1 aliphatic rings. The van der Waals surface area contributed by atoms with Gasteiger partial charge in [0.2, 0.25) is 5.91 Å². The standard InChI is InChI=1S/C15H19F3N4O2/c16-15(17,18)12(22-7-5-20-6-8-22)9-21-14(24)11-3-1-10(2-4-11)13(19)23/h1-4,12,20H,5-9H2,(H2,19,23)(H,21,24). The van der Waals surface area contributed by atoms with Crippen LogP contribution in [-0.2, 0) is 0 Å². The summed E-state index contributed by atoms with van der Waals surface area (Å²) in [5.41, 5.74) is 5.48. The number of benzene rings is 1. The van der Waals surface area contributed by atoms with Crippen LogP contribution >= 0.6 is 0 Å². The van der Waals surface area contributed by atoms with Gasteiger partial charge in [-0.15, -0.1) is 0 Å². The Kier molecular flexibility index (Phi) is 5.79. The molecule has 0 radical (unpaired) electrons. The molecule has 1 aromatic rings. The highest BCUT2D eigenvalue weighted by atomic mass is 19.4. The van der Waals surface area contributed by atoms with E-state index in [-0.39, 0.29) is 24.2 Å². The van der Waals surface area contributed by atoms with Gasteiger partial charge in [-0.2, -0.15) is 13.2 Å². The van der Waals surface area contributed by atoms with Gasteiger partial charge in [0.15, 0.2) is 0 Å². The monoisotopic (exact) mass is 344 g/mol. The number of carbonyl (C=O) groups is 2. The first-order valence-electron chi connectivity index (χ1n) is 7.48. The van der Waals surface area contributed by atoms with Crippen LogP contribution < -0.4 is 16.4 Å². The number of rotatable bonds is 5. The fourth-order valence-corrected chi connectivity index (χ4v) is 2.52. The van der Waals surface area contributed by atoms with E-state index < -0.39 is 30.6 Å². The first-order chi connectivity index (χ1) is 11.3. The van der Waals surface area contributed by atoms with E-state index in [1.54, 1.807) is 0 Å². The predicted molar refractivity (Wildman–Crippen MR) is 81.6 cm³/mol. The summed E-state index contributed by atoms with van der Waals surface area (Å²) in [6.07, 6.45) is -4.43. The number of nitrogens with zero attached hydrogens (tertiary/aromatic N) is 1. The van der Waals surface area contributed by atoms with E-state index in [4.69, 9.17) is 5.73 Å². The van der Waals surface area contributed by atoms with E-state index in [1.165, 1.54) is 29.2 Å². The zero-order valence-electron chi connectivity index (χ0n) is 12.9. The van der Waals surface area contributed by atoms with Crippen LogP contribution in [0.2, 0.25) is 0 Å². The third-order valence-corrected chi connectivity index (χ3v) is 3.86. The number of hydrogen-bond acceptors (Lipinski definition) is 4. The third-order valence-electron chi connectivity index (χ3n) is 3.86. The van der Waals surface area contributed by atoms with Gasteiger partial charge in [0.1, 0.15) is 6.04 Å². The molecule has 1 atom stereocenters. The zero-order chi connectivity index (χ0) is 17.7. The average molecular weight is 344 g/mol. The lowest BCUT2D eigenvalue weighted by atomic mass is 10.1. The number of hydrogen-bond donors (Lipinski definition) is 3. The van der Waals surface area contributed by atoms with Gasteiger partial charge in [0.05, 0.1) is 0 Å². The molecule has 132 valence electrons. The lowest BCUT2D eigenvalue weighted by molar-refractivity contribution is -0.183. The fourth-order valence-electron chi connectivity index (χ4n) is 2.52. The highest BCUT2D eigenvalue weighted by Crippen LogP contribution is 2.24. The van der Waals surface area contributed by atoms with Crippen LogP contribution in [0.3, 0.4) is 0 Å². The summed E-state index contributed by atoms with van der Waals surface area (Å²) < 4.78 is 39.7. The predicted octanol–water partition coefficient (Wildman–Crippen LogP) is 0.351. The molecular formula is C15H19F3N4O2. The summed E-state index contributed by atoms with van der Waals surface area (Å²) in [7, 11) is 0. The van der Waals surface area contributed by atoms with Crippen molar-refractivity contribution in [1.82, 2.24) is 15.5 Å².